The van der Waals surface area contributed by atoms with Gasteiger partial charge in [0, 0.05) is 0 Å². The van der Waals surface area contributed by atoms with Crippen molar-refractivity contribution in [1.82, 2.24) is 0 Å². The maximum Gasteiger partial charge on any atom is 0.282 e. The lowest BCUT2D eigenvalue weighted by molar-refractivity contribution is -0.120. The number of aryl methyl sites for hydroxylation is 3. The van der Waals surface area contributed by atoms with E-state index in [4.69, 9.17) is 9.47 Å². The summed E-state index contributed by atoms with van der Waals surface area (Å²) in [6.45, 7) is 8.36. The zero-order valence-electron chi connectivity index (χ0n) is 20.1. The molecule has 0 saturated carbocycles. The molecule has 0 atom stereocenters. The van der Waals surface area contributed by atoms with Gasteiger partial charge in [0.05, 0.1) is 30.7 Å². The Balaban J connectivity index is 1.83. The number of anilines is 2. The molecule has 2 amide bonds. The number of amides is 2. The van der Waals surface area contributed by atoms with E-state index in [9.17, 15) is 9.59 Å². The van der Waals surface area contributed by atoms with E-state index in [1.807, 2.05) is 58.0 Å². The van der Waals surface area contributed by atoms with Crippen molar-refractivity contribution < 1.29 is 19.1 Å². The number of carbonyl (C=O) groups excluding carboxylic acids is 2. The molecule has 1 aliphatic heterocycles. The lowest BCUT2D eigenvalue weighted by Crippen LogP contribution is -2.32. The number of nitrogens with zero attached hydrogens (tertiary/aromatic N) is 1. The van der Waals surface area contributed by atoms with Crippen molar-refractivity contribution in [3.05, 3.63) is 88.6 Å². The monoisotopic (exact) mass is 456 g/mol. The maximum atomic E-state index is 13.7. The Hall–Kier alpha value is -4.06. The Morgan fingerprint density at radius 1 is 0.853 bits per heavy atom. The van der Waals surface area contributed by atoms with Crippen LogP contribution in [0.3, 0.4) is 0 Å². The number of methoxy groups -OCH3 is 1. The zero-order valence-corrected chi connectivity index (χ0v) is 20.1. The van der Waals surface area contributed by atoms with Crippen LogP contribution < -0.4 is 19.7 Å². The van der Waals surface area contributed by atoms with Crippen LogP contribution in [0.2, 0.25) is 0 Å². The molecule has 1 N–H and O–H groups in total. The molecular formula is C28H28N2O4. The first-order chi connectivity index (χ1) is 16.3. The lowest BCUT2D eigenvalue weighted by atomic mass is 10.0. The van der Waals surface area contributed by atoms with Crippen molar-refractivity contribution in [1.29, 1.82) is 0 Å². The average molecular weight is 457 g/mol. The number of hydrogen-bond acceptors (Lipinski definition) is 5. The molecule has 34 heavy (non-hydrogen) atoms. The van der Waals surface area contributed by atoms with E-state index in [0.29, 0.717) is 40.6 Å². The number of nitrogens with one attached hydrogen (secondary N) is 1. The van der Waals surface area contributed by atoms with Crippen LogP contribution in [-0.2, 0) is 9.59 Å². The summed E-state index contributed by atoms with van der Waals surface area (Å²) in [5.41, 5.74) is 5.37. The topological polar surface area (TPSA) is 67.9 Å². The lowest BCUT2D eigenvalue weighted by Gasteiger charge is -2.17. The van der Waals surface area contributed by atoms with Gasteiger partial charge in [-0.1, -0.05) is 24.3 Å². The number of benzene rings is 3. The molecule has 0 spiro atoms. The highest BCUT2D eigenvalue weighted by Crippen LogP contribution is 2.36. The minimum atomic E-state index is -0.416. The predicted octanol–water partition coefficient (Wildman–Crippen LogP) is 5.42. The number of ether oxygens (including phenoxy) is 2. The normalized spacial score (nSPS) is 13.5. The standard InChI is InChI=1S/C28H28N2O4/c1-6-34-22-12-9-20(10-13-22)25-26(29-23-15-17(2)7-14-24(23)33-5)28(32)30(27(25)31)21-11-8-18(3)19(4)16-21/h7-16,29H,6H2,1-5H3. The molecule has 1 heterocycles. The van der Waals surface area contributed by atoms with Crippen molar-refractivity contribution in [2.24, 2.45) is 0 Å². The average Bonchev–Trinajstić information content (AvgIpc) is 3.06. The third-order valence-electron chi connectivity index (χ3n) is 5.90. The summed E-state index contributed by atoms with van der Waals surface area (Å²) in [5, 5.41) is 3.21. The minimum absolute atomic E-state index is 0.205. The summed E-state index contributed by atoms with van der Waals surface area (Å²) in [7, 11) is 1.57. The van der Waals surface area contributed by atoms with Gasteiger partial charge in [0.2, 0.25) is 0 Å². The third-order valence-corrected chi connectivity index (χ3v) is 5.90. The summed E-state index contributed by atoms with van der Waals surface area (Å²) in [5.74, 6) is 0.478. The number of hydrogen-bond donors (Lipinski definition) is 1. The minimum Gasteiger partial charge on any atom is -0.495 e. The van der Waals surface area contributed by atoms with E-state index in [-0.39, 0.29) is 11.6 Å². The quantitative estimate of drug-likeness (QED) is 0.481. The SMILES string of the molecule is CCOc1ccc(C2=C(Nc3cc(C)ccc3OC)C(=O)N(c3ccc(C)c(C)c3)C2=O)cc1. The first kappa shape index (κ1) is 23.1. The molecule has 4 rings (SSSR count). The summed E-state index contributed by atoms with van der Waals surface area (Å²) in [6.07, 6.45) is 0. The van der Waals surface area contributed by atoms with Gasteiger partial charge < -0.3 is 14.8 Å². The molecule has 3 aromatic carbocycles. The summed E-state index contributed by atoms with van der Waals surface area (Å²) in [6, 6.07) is 18.4. The second-order valence-electron chi connectivity index (χ2n) is 8.25. The zero-order chi connectivity index (χ0) is 24.4. The van der Waals surface area contributed by atoms with Gasteiger partial charge in [-0.25, -0.2) is 4.90 Å². The Morgan fingerprint density at radius 3 is 2.24 bits per heavy atom. The Morgan fingerprint density at radius 2 is 1.59 bits per heavy atom. The predicted molar refractivity (Wildman–Crippen MR) is 134 cm³/mol. The molecule has 0 unspecified atom stereocenters. The molecule has 3 aromatic rings. The number of rotatable bonds is 7. The van der Waals surface area contributed by atoms with Gasteiger partial charge in [0.25, 0.3) is 11.8 Å². The molecular weight excluding hydrogens is 428 g/mol. The van der Waals surface area contributed by atoms with E-state index < -0.39 is 5.91 Å². The van der Waals surface area contributed by atoms with E-state index >= 15 is 0 Å². The van der Waals surface area contributed by atoms with Crippen LogP contribution in [0.25, 0.3) is 5.57 Å². The molecule has 6 nitrogen and oxygen atoms in total. The van der Waals surface area contributed by atoms with Gasteiger partial charge in [-0.15, -0.1) is 0 Å². The van der Waals surface area contributed by atoms with E-state index in [0.717, 1.165) is 16.7 Å². The highest BCUT2D eigenvalue weighted by Gasteiger charge is 2.40. The van der Waals surface area contributed by atoms with Gasteiger partial charge in [-0.2, -0.15) is 0 Å². The van der Waals surface area contributed by atoms with Crippen molar-refractivity contribution in [3.8, 4) is 11.5 Å². The summed E-state index contributed by atoms with van der Waals surface area (Å²) < 4.78 is 11.0. The highest BCUT2D eigenvalue weighted by atomic mass is 16.5. The first-order valence-corrected chi connectivity index (χ1v) is 11.2. The molecule has 1 aliphatic rings. The molecule has 0 aliphatic carbocycles. The fourth-order valence-electron chi connectivity index (χ4n) is 3.95. The molecule has 6 heteroatoms. The first-order valence-electron chi connectivity index (χ1n) is 11.2. The van der Waals surface area contributed by atoms with Crippen LogP contribution in [0.15, 0.2) is 66.4 Å². The van der Waals surface area contributed by atoms with Crippen LogP contribution in [0.5, 0.6) is 11.5 Å². The fraction of sp³-hybridized carbons (Fsp3) is 0.214. The largest absolute Gasteiger partial charge is 0.495 e. The molecule has 0 bridgehead atoms. The second kappa shape index (κ2) is 9.43. The highest BCUT2D eigenvalue weighted by molar-refractivity contribution is 6.46. The third kappa shape index (κ3) is 4.27. The van der Waals surface area contributed by atoms with Crippen LogP contribution in [0, 0.1) is 20.8 Å². The maximum absolute atomic E-state index is 13.7. The van der Waals surface area contributed by atoms with Crippen LogP contribution >= 0.6 is 0 Å². The van der Waals surface area contributed by atoms with Gasteiger partial charge in [-0.05, 0) is 86.3 Å². The molecule has 0 aromatic heterocycles. The molecule has 0 saturated heterocycles. The van der Waals surface area contributed by atoms with Crippen molar-refractivity contribution >= 4 is 28.8 Å². The number of imide groups is 1. The van der Waals surface area contributed by atoms with Crippen LogP contribution in [-0.4, -0.2) is 25.5 Å². The van der Waals surface area contributed by atoms with Crippen LogP contribution in [0.4, 0.5) is 11.4 Å². The van der Waals surface area contributed by atoms with Crippen molar-refractivity contribution in [2.75, 3.05) is 23.9 Å². The fourth-order valence-corrected chi connectivity index (χ4v) is 3.95. The second-order valence-corrected chi connectivity index (χ2v) is 8.25. The van der Waals surface area contributed by atoms with Gasteiger partial charge >= 0.3 is 0 Å². The summed E-state index contributed by atoms with van der Waals surface area (Å²) in [4.78, 5) is 28.6. The molecule has 174 valence electrons. The molecule has 0 fully saturated rings. The smallest absolute Gasteiger partial charge is 0.282 e. The van der Waals surface area contributed by atoms with E-state index in [2.05, 4.69) is 5.32 Å². The van der Waals surface area contributed by atoms with Gasteiger partial charge in [-0.3, -0.25) is 9.59 Å². The van der Waals surface area contributed by atoms with Gasteiger partial charge in [0.15, 0.2) is 0 Å². The van der Waals surface area contributed by atoms with Crippen molar-refractivity contribution in [3.63, 3.8) is 0 Å². The number of carbonyl (C=O) groups is 2. The Bertz CT molecular complexity index is 1290. The van der Waals surface area contributed by atoms with Crippen molar-refractivity contribution in [2.45, 2.75) is 27.7 Å². The van der Waals surface area contributed by atoms with E-state index in [1.165, 1.54) is 4.90 Å². The Labute approximate surface area is 199 Å². The summed E-state index contributed by atoms with van der Waals surface area (Å²) >= 11 is 0. The van der Waals surface area contributed by atoms with Crippen LogP contribution in [0.1, 0.15) is 29.2 Å². The molecule has 0 radical (unpaired) electrons. The van der Waals surface area contributed by atoms with Gasteiger partial charge in [0.1, 0.15) is 17.2 Å². The van der Waals surface area contributed by atoms with E-state index in [1.54, 1.807) is 37.4 Å². The Kier molecular flexibility index (Phi) is 6.41.